The summed E-state index contributed by atoms with van der Waals surface area (Å²) in [5.74, 6) is 1.49. The molecule has 152 valence electrons. The van der Waals surface area contributed by atoms with Crippen LogP contribution in [0.25, 0.3) is 0 Å². The largest absolute Gasteiger partial charge is 0.481 e. The molecule has 0 saturated carbocycles. The molecule has 0 bridgehead atoms. The second kappa shape index (κ2) is 8.39. The molecule has 1 aliphatic heterocycles. The number of rotatable bonds is 7. The number of hydrogen-bond acceptors (Lipinski definition) is 5. The molecular formula is C21H27NO5S. The first-order valence-corrected chi connectivity index (χ1v) is 11.4. The van der Waals surface area contributed by atoms with E-state index in [0.29, 0.717) is 23.8 Å². The Bertz CT molecular complexity index is 887. The van der Waals surface area contributed by atoms with Gasteiger partial charge in [-0.3, -0.25) is 4.79 Å². The zero-order chi connectivity index (χ0) is 20.3. The van der Waals surface area contributed by atoms with Gasteiger partial charge < -0.3 is 14.1 Å². The zero-order valence-corrected chi connectivity index (χ0v) is 17.3. The summed E-state index contributed by atoms with van der Waals surface area (Å²) in [6, 6.07) is 10.9. The van der Waals surface area contributed by atoms with E-state index >= 15 is 0 Å². The number of ether oxygens (including phenoxy) is 1. The first kappa shape index (κ1) is 20.5. The molecule has 1 aromatic heterocycles. The maximum Gasteiger partial charge on any atom is 0.264 e. The van der Waals surface area contributed by atoms with Crippen LogP contribution in [-0.2, 0) is 21.2 Å². The number of hydrogen-bond donors (Lipinski definition) is 0. The van der Waals surface area contributed by atoms with Gasteiger partial charge in [0.05, 0.1) is 24.3 Å². The molecule has 1 amide bonds. The van der Waals surface area contributed by atoms with Crippen molar-refractivity contribution in [2.24, 2.45) is 0 Å². The maximum atomic E-state index is 13.1. The second-order valence-corrected chi connectivity index (χ2v) is 9.81. The standard InChI is InChI=1S/C21H27NO5S/c1-15(2)17-6-8-19(9-7-17)27-16(3)21(23)22(13-20-5-4-11-26-20)18-10-12-28(24,25)14-18/h4-9,11,15-16,18H,10,12-14H2,1-3H3/t16-,18-/m1/s1. The van der Waals surface area contributed by atoms with Gasteiger partial charge in [-0.1, -0.05) is 26.0 Å². The molecule has 2 atom stereocenters. The van der Waals surface area contributed by atoms with Gasteiger partial charge in [0.25, 0.3) is 5.91 Å². The fraction of sp³-hybridized carbons (Fsp3) is 0.476. The van der Waals surface area contributed by atoms with Crippen LogP contribution in [0.5, 0.6) is 5.75 Å². The topological polar surface area (TPSA) is 76.8 Å². The van der Waals surface area contributed by atoms with Crippen molar-refractivity contribution in [3.8, 4) is 5.75 Å². The van der Waals surface area contributed by atoms with Crippen molar-refractivity contribution < 1.29 is 22.4 Å². The monoisotopic (exact) mass is 405 g/mol. The first-order chi connectivity index (χ1) is 13.2. The van der Waals surface area contributed by atoms with Gasteiger partial charge in [0.2, 0.25) is 0 Å². The summed E-state index contributed by atoms with van der Waals surface area (Å²) in [5.41, 5.74) is 1.20. The third-order valence-electron chi connectivity index (χ3n) is 5.05. The molecule has 0 radical (unpaired) electrons. The Morgan fingerprint density at radius 2 is 1.93 bits per heavy atom. The molecule has 0 N–H and O–H groups in total. The Morgan fingerprint density at radius 3 is 2.46 bits per heavy atom. The Hall–Kier alpha value is -2.28. The van der Waals surface area contributed by atoms with Crippen LogP contribution in [0.15, 0.2) is 47.1 Å². The molecule has 0 spiro atoms. The van der Waals surface area contributed by atoms with Crippen LogP contribution < -0.4 is 4.74 Å². The summed E-state index contributed by atoms with van der Waals surface area (Å²) in [6.45, 7) is 6.15. The van der Waals surface area contributed by atoms with Crippen molar-refractivity contribution in [2.45, 2.75) is 51.8 Å². The van der Waals surface area contributed by atoms with Crippen molar-refractivity contribution >= 4 is 15.7 Å². The summed E-state index contributed by atoms with van der Waals surface area (Å²) < 4.78 is 35.1. The van der Waals surface area contributed by atoms with Crippen LogP contribution >= 0.6 is 0 Å². The minimum atomic E-state index is -3.12. The van der Waals surface area contributed by atoms with Crippen LogP contribution in [-0.4, -0.2) is 42.9 Å². The van der Waals surface area contributed by atoms with E-state index in [0.717, 1.165) is 0 Å². The van der Waals surface area contributed by atoms with E-state index in [2.05, 4.69) is 13.8 Å². The van der Waals surface area contributed by atoms with Crippen molar-refractivity contribution in [1.29, 1.82) is 0 Å². The van der Waals surface area contributed by atoms with Gasteiger partial charge in [-0.15, -0.1) is 0 Å². The molecule has 3 rings (SSSR count). The molecule has 1 fully saturated rings. The highest BCUT2D eigenvalue weighted by molar-refractivity contribution is 7.91. The number of furan rings is 1. The minimum absolute atomic E-state index is 0.0186. The average molecular weight is 406 g/mol. The third-order valence-corrected chi connectivity index (χ3v) is 6.80. The van der Waals surface area contributed by atoms with Crippen LogP contribution in [0.4, 0.5) is 0 Å². The van der Waals surface area contributed by atoms with E-state index < -0.39 is 15.9 Å². The molecule has 6 nitrogen and oxygen atoms in total. The Morgan fingerprint density at radius 1 is 1.21 bits per heavy atom. The summed E-state index contributed by atoms with van der Waals surface area (Å²) >= 11 is 0. The van der Waals surface area contributed by atoms with Crippen molar-refractivity contribution in [2.75, 3.05) is 11.5 Å². The molecule has 2 aromatic rings. The lowest BCUT2D eigenvalue weighted by atomic mass is 10.0. The van der Waals surface area contributed by atoms with E-state index in [1.165, 1.54) is 5.56 Å². The maximum absolute atomic E-state index is 13.1. The van der Waals surface area contributed by atoms with E-state index in [4.69, 9.17) is 9.15 Å². The van der Waals surface area contributed by atoms with Gasteiger partial charge in [-0.2, -0.15) is 0 Å². The molecule has 1 aliphatic rings. The lowest BCUT2D eigenvalue weighted by molar-refractivity contribution is -0.140. The van der Waals surface area contributed by atoms with E-state index in [1.807, 2.05) is 24.3 Å². The lowest BCUT2D eigenvalue weighted by Gasteiger charge is -2.30. The van der Waals surface area contributed by atoms with Gasteiger partial charge in [-0.05, 0) is 49.1 Å². The zero-order valence-electron chi connectivity index (χ0n) is 16.5. The summed E-state index contributed by atoms with van der Waals surface area (Å²) in [7, 11) is -3.12. The first-order valence-electron chi connectivity index (χ1n) is 9.55. The fourth-order valence-electron chi connectivity index (χ4n) is 3.40. The Kier molecular flexibility index (Phi) is 6.13. The van der Waals surface area contributed by atoms with E-state index in [1.54, 1.807) is 30.2 Å². The summed E-state index contributed by atoms with van der Waals surface area (Å²) in [5, 5.41) is 0. The molecule has 0 aliphatic carbocycles. The highest BCUT2D eigenvalue weighted by atomic mass is 32.2. The molecule has 1 saturated heterocycles. The number of benzene rings is 1. The predicted molar refractivity (Wildman–Crippen MR) is 107 cm³/mol. The number of carbonyl (C=O) groups excluding carboxylic acids is 1. The van der Waals surface area contributed by atoms with Crippen molar-refractivity contribution in [3.63, 3.8) is 0 Å². The smallest absolute Gasteiger partial charge is 0.264 e. The van der Waals surface area contributed by atoms with Gasteiger partial charge in [-0.25, -0.2) is 8.42 Å². The number of carbonyl (C=O) groups is 1. The van der Waals surface area contributed by atoms with Crippen LogP contribution in [0, 0.1) is 0 Å². The van der Waals surface area contributed by atoms with Gasteiger partial charge in [0.15, 0.2) is 15.9 Å². The Labute approximate surface area is 166 Å². The molecule has 7 heteroatoms. The SMILES string of the molecule is CC(C)c1ccc(O[C@H](C)C(=O)N(Cc2ccco2)[C@@H]2CCS(=O)(=O)C2)cc1. The quantitative estimate of drug-likeness (QED) is 0.706. The van der Waals surface area contributed by atoms with E-state index in [9.17, 15) is 13.2 Å². The normalized spacial score (nSPS) is 19.5. The highest BCUT2D eigenvalue weighted by Gasteiger charge is 2.37. The van der Waals surface area contributed by atoms with Gasteiger partial charge >= 0.3 is 0 Å². The number of sulfone groups is 1. The molecular weight excluding hydrogens is 378 g/mol. The number of amides is 1. The highest BCUT2D eigenvalue weighted by Crippen LogP contribution is 2.23. The summed E-state index contributed by atoms with van der Waals surface area (Å²) in [4.78, 5) is 14.7. The summed E-state index contributed by atoms with van der Waals surface area (Å²) in [6.07, 6.45) is 1.24. The lowest BCUT2D eigenvalue weighted by Crippen LogP contribution is -2.46. The molecule has 1 aromatic carbocycles. The average Bonchev–Trinajstić information content (AvgIpc) is 3.28. The third kappa shape index (κ3) is 4.95. The number of nitrogens with zero attached hydrogens (tertiary/aromatic N) is 1. The predicted octanol–water partition coefficient (Wildman–Crippen LogP) is 3.39. The van der Waals surface area contributed by atoms with Crippen LogP contribution in [0.1, 0.15) is 44.4 Å². The van der Waals surface area contributed by atoms with Crippen LogP contribution in [0.2, 0.25) is 0 Å². The van der Waals surface area contributed by atoms with Crippen molar-refractivity contribution in [3.05, 3.63) is 54.0 Å². The van der Waals surface area contributed by atoms with Crippen molar-refractivity contribution in [1.82, 2.24) is 4.90 Å². The molecule has 28 heavy (non-hydrogen) atoms. The minimum Gasteiger partial charge on any atom is -0.481 e. The fourth-order valence-corrected chi connectivity index (χ4v) is 5.13. The molecule has 0 unspecified atom stereocenters. The van der Waals surface area contributed by atoms with Gasteiger partial charge in [0, 0.05) is 6.04 Å². The van der Waals surface area contributed by atoms with Gasteiger partial charge in [0.1, 0.15) is 11.5 Å². The van der Waals surface area contributed by atoms with Crippen LogP contribution in [0.3, 0.4) is 0 Å². The molecule has 2 heterocycles. The second-order valence-electron chi connectivity index (χ2n) is 7.59. The van der Waals surface area contributed by atoms with E-state index in [-0.39, 0.29) is 30.0 Å². The Balaban J connectivity index is 1.73.